The molecule has 0 unspecified atom stereocenters. The Morgan fingerprint density at radius 2 is 2.08 bits per heavy atom. The maximum atomic E-state index is 12.1. The molecule has 0 radical (unpaired) electrons. The van der Waals surface area contributed by atoms with Crippen LogP contribution in [0.5, 0.6) is 0 Å². The number of aryl methyl sites for hydroxylation is 1. The molecule has 1 heterocycles. The van der Waals surface area contributed by atoms with Crippen molar-refractivity contribution in [2.45, 2.75) is 6.92 Å². The first-order chi connectivity index (χ1) is 11.9. The summed E-state index contributed by atoms with van der Waals surface area (Å²) in [6, 6.07) is 12.0. The van der Waals surface area contributed by atoms with E-state index in [-0.39, 0.29) is 16.6 Å². The number of rotatable bonds is 3. The molecule has 1 aliphatic heterocycles. The Kier molecular flexibility index (Phi) is 4.87. The second-order valence-electron chi connectivity index (χ2n) is 5.29. The van der Waals surface area contributed by atoms with Crippen LogP contribution in [0.1, 0.15) is 11.1 Å². The number of carbonyl (C=O) groups excluding carboxylic acids is 1. The zero-order valence-corrected chi connectivity index (χ0v) is 14.6. The minimum Gasteiger partial charge on any atom is -0.300 e. The van der Waals surface area contributed by atoms with Crippen LogP contribution in [0.4, 0.5) is 11.4 Å². The van der Waals surface area contributed by atoms with E-state index in [1.165, 1.54) is 23.9 Å². The molecule has 8 heteroatoms. The van der Waals surface area contributed by atoms with Gasteiger partial charge in [0.15, 0.2) is 5.17 Å². The molecule has 126 valence electrons. The molecule has 1 fully saturated rings. The lowest BCUT2D eigenvalue weighted by Crippen LogP contribution is -2.19. The number of nitrogens with one attached hydrogen (secondary N) is 1. The number of halogens is 1. The smallest absolute Gasteiger partial charge is 0.288 e. The van der Waals surface area contributed by atoms with Gasteiger partial charge in [-0.25, -0.2) is 4.99 Å². The average molecular weight is 374 g/mol. The number of hydrogen-bond donors (Lipinski definition) is 1. The summed E-state index contributed by atoms with van der Waals surface area (Å²) in [6.45, 7) is 1.96. The molecule has 1 amide bonds. The van der Waals surface area contributed by atoms with E-state index in [4.69, 9.17) is 11.6 Å². The Morgan fingerprint density at radius 1 is 1.28 bits per heavy atom. The van der Waals surface area contributed by atoms with Gasteiger partial charge < -0.3 is 5.32 Å². The highest BCUT2D eigenvalue weighted by Gasteiger charge is 2.24. The predicted molar refractivity (Wildman–Crippen MR) is 100 cm³/mol. The van der Waals surface area contributed by atoms with Gasteiger partial charge in [0.25, 0.3) is 11.6 Å². The van der Waals surface area contributed by atoms with Crippen LogP contribution in [0.3, 0.4) is 0 Å². The molecule has 1 N–H and O–H groups in total. The molecule has 1 saturated heterocycles. The molecule has 0 bridgehead atoms. The van der Waals surface area contributed by atoms with Crippen LogP contribution in [-0.4, -0.2) is 16.0 Å². The van der Waals surface area contributed by atoms with Gasteiger partial charge in [0.1, 0.15) is 5.02 Å². The number of thioether (sulfide) groups is 1. The molecular weight excluding hydrogens is 362 g/mol. The van der Waals surface area contributed by atoms with Crippen molar-refractivity contribution in [2.75, 3.05) is 0 Å². The van der Waals surface area contributed by atoms with Crippen molar-refractivity contribution in [1.82, 2.24) is 5.32 Å². The number of carbonyl (C=O) groups is 1. The van der Waals surface area contributed by atoms with E-state index in [1.807, 2.05) is 31.2 Å². The van der Waals surface area contributed by atoms with E-state index in [0.717, 1.165) is 11.3 Å². The highest BCUT2D eigenvalue weighted by Crippen LogP contribution is 2.31. The van der Waals surface area contributed by atoms with E-state index in [2.05, 4.69) is 10.3 Å². The van der Waals surface area contributed by atoms with Gasteiger partial charge in [-0.3, -0.25) is 14.9 Å². The van der Waals surface area contributed by atoms with E-state index in [1.54, 1.807) is 12.1 Å². The summed E-state index contributed by atoms with van der Waals surface area (Å²) < 4.78 is 0. The molecule has 1 aliphatic rings. The number of nitro benzene ring substituents is 1. The van der Waals surface area contributed by atoms with E-state index in [0.29, 0.717) is 15.6 Å². The lowest BCUT2D eigenvalue weighted by molar-refractivity contribution is -0.384. The molecule has 6 nitrogen and oxygen atoms in total. The van der Waals surface area contributed by atoms with Crippen LogP contribution in [0.15, 0.2) is 52.4 Å². The zero-order valence-electron chi connectivity index (χ0n) is 13.0. The number of nitrogens with zero attached hydrogens (tertiary/aromatic N) is 2. The van der Waals surface area contributed by atoms with Gasteiger partial charge in [0, 0.05) is 6.07 Å². The largest absolute Gasteiger partial charge is 0.300 e. The van der Waals surface area contributed by atoms with Crippen molar-refractivity contribution in [3.8, 4) is 0 Å². The third kappa shape index (κ3) is 4.07. The Balaban J connectivity index is 1.87. The molecule has 0 spiro atoms. The van der Waals surface area contributed by atoms with Crippen molar-refractivity contribution >= 4 is 51.9 Å². The number of amidine groups is 1. The quantitative estimate of drug-likeness (QED) is 0.489. The summed E-state index contributed by atoms with van der Waals surface area (Å²) >= 11 is 6.98. The monoisotopic (exact) mass is 373 g/mol. The summed E-state index contributed by atoms with van der Waals surface area (Å²) in [5, 5.41) is 14.2. The summed E-state index contributed by atoms with van der Waals surface area (Å²) in [7, 11) is 0. The van der Waals surface area contributed by atoms with Crippen molar-refractivity contribution in [3.63, 3.8) is 0 Å². The summed E-state index contributed by atoms with van der Waals surface area (Å²) in [5.41, 5.74) is 2.13. The number of hydrogen-bond acceptors (Lipinski definition) is 5. The van der Waals surface area contributed by atoms with Gasteiger partial charge in [0.05, 0.1) is 15.5 Å². The molecule has 0 atom stereocenters. The van der Waals surface area contributed by atoms with Crippen LogP contribution < -0.4 is 5.32 Å². The Morgan fingerprint density at radius 3 is 2.80 bits per heavy atom. The maximum absolute atomic E-state index is 12.1. The fraction of sp³-hybridized carbons (Fsp3) is 0.0588. The molecule has 2 aromatic carbocycles. The molecule has 0 aliphatic carbocycles. The second-order valence-corrected chi connectivity index (χ2v) is 6.73. The first kappa shape index (κ1) is 17.2. The molecule has 0 aromatic heterocycles. The van der Waals surface area contributed by atoms with Crippen molar-refractivity contribution in [1.29, 1.82) is 0 Å². The Bertz CT molecular complexity index is 940. The summed E-state index contributed by atoms with van der Waals surface area (Å²) in [5.74, 6) is -0.297. The van der Waals surface area contributed by atoms with Crippen LogP contribution in [-0.2, 0) is 4.79 Å². The van der Waals surface area contributed by atoms with Gasteiger partial charge in [-0.05, 0) is 54.1 Å². The standard InChI is InChI=1S/C17H12ClN3O3S/c1-10-3-2-4-12(7-10)19-17-20-16(22)15(25-17)9-11-5-6-13(18)14(8-11)21(23)24/h2-9H,1H3,(H,19,20,22). The first-order valence-corrected chi connectivity index (χ1v) is 8.42. The van der Waals surface area contributed by atoms with Crippen LogP contribution in [0.25, 0.3) is 6.08 Å². The third-order valence-electron chi connectivity index (χ3n) is 3.35. The van der Waals surface area contributed by atoms with Gasteiger partial charge in [-0.2, -0.15) is 0 Å². The van der Waals surface area contributed by atoms with Gasteiger partial charge >= 0.3 is 0 Å². The van der Waals surface area contributed by atoms with Crippen molar-refractivity contribution in [3.05, 3.63) is 73.6 Å². The highest BCUT2D eigenvalue weighted by atomic mass is 35.5. The summed E-state index contributed by atoms with van der Waals surface area (Å²) in [4.78, 5) is 27.3. The predicted octanol–water partition coefficient (Wildman–Crippen LogP) is 4.45. The topological polar surface area (TPSA) is 84.6 Å². The minimum atomic E-state index is -0.559. The van der Waals surface area contributed by atoms with E-state index in [9.17, 15) is 14.9 Å². The van der Waals surface area contributed by atoms with Gasteiger partial charge in [-0.1, -0.05) is 29.8 Å². The van der Waals surface area contributed by atoms with Crippen molar-refractivity contribution < 1.29 is 9.72 Å². The number of benzene rings is 2. The molecule has 3 rings (SSSR count). The highest BCUT2D eigenvalue weighted by molar-refractivity contribution is 8.18. The molecule has 2 aromatic rings. The first-order valence-electron chi connectivity index (χ1n) is 7.22. The van der Waals surface area contributed by atoms with Gasteiger partial charge in [0.2, 0.25) is 0 Å². The Labute approximate surface area is 152 Å². The van der Waals surface area contributed by atoms with Crippen LogP contribution in [0.2, 0.25) is 5.02 Å². The summed E-state index contributed by atoms with van der Waals surface area (Å²) in [6.07, 6.45) is 1.57. The lowest BCUT2D eigenvalue weighted by Gasteiger charge is -1.98. The maximum Gasteiger partial charge on any atom is 0.288 e. The second kappa shape index (κ2) is 7.08. The number of aliphatic imine (C=N–C) groups is 1. The molecule has 25 heavy (non-hydrogen) atoms. The lowest BCUT2D eigenvalue weighted by atomic mass is 10.2. The fourth-order valence-corrected chi connectivity index (χ4v) is 3.23. The van der Waals surface area contributed by atoms with Crippen LogP contribution in [0, 0.1) is 17.0 Å². The zero-order chi connectivity index (χ0) is 18.0. The SMILES string of the molecule is Cc1cccc(N=C2NC(=O)C(=Cc3ccc(Cl)c([N+](=O)[O-])c3)S2)c1. The van der Waals surface area contributed by atoms with E-state index < -0.39 is 4.92 Å². The normalized spacial score (nSPS) is 17.1. The van der Waals surface area contributed by atoms with Gasteiger partial charge in [-0.15, -0.1) is 0 Å². The van der Waals surface area contributed by atoms with Crippen LogP contribution >= 0.6 is 23.4 Å². The molecular formula is C17H12ClN3O3S. The minimum absolute atomic E-state index is 0.0531. The molecule has 0 saturated carbocycles. The van der Waals surface area contributed by atoms with Crippen molar-refractivity contribution in [2.24, 2.45) is 4.99 Å². The number of nitro groups is 1. The van der Waals surface area contributed by atoms with E-state index >= 15 is 0 Å². The number of amides is 1. The third-order valence-corrected chi connectivity index (χ3v) is 4.58. The fourth-order valence-electron chi connectivity index (χ4n) is 2.21. The Hall–Kier alpha value is -2.64. The average Bonchev–Trinajstić information content (AvgIpc) is 2.88.